The van der Waals surface area contributed by atoms with Gasteiger partial charge in [-0.15, -0.1) is 0 Å². The molecule has 3 aromatic rings. The number of aromatic nitrogens is 2. The molecule has 0 aliphatic carbocycles. The Morgan fingerprint density at radius 2 is 1.68 bits per heavy atom. The van der Waals surface area contributed by atoms with Crippen LogP contribution in [0.2, 0.25) is 0 Å². The molecule has 22 heavy (non-hydrogen) atoms. The van der Waals surface area contributed by atoms with Gasteiger partial charge in [-0.3, -0.25) is 4.57 Å². The van der Waals surface area contributed by atoms with Crippen LogP contribution in [0.1, 0.15) is 5.56 Å². The Morgan fingerprint density at radius 3 is 2.41 bits per heavy atom. The van der Waals surface area contributed by atoms with E-state index in [0.29, 0.717) is 6.54 Å². The molecule has 2 aromatic carbocycles. The van der Waals surface area contributed by atoms with Gasteiger partial charge in [-0.1, -0.05) is 60.7 Å². The molecule has 0 radical (unpaired) electrons. The predicted molar refractivity (Wildman–Crippen MR) is 86.6 cm³/mol. The van der Waals surface area contributed by atoms with Gasteiger partial charge in [-0.25, -0.2) is 9.78 Å². The van der Waals surface area contributed by atoms with Gasteiger partial charge < -0.3 is 5.32 Å². The fourth-order valence-corrected chi connectivity index (χ4v) is 2.24. The van der Waals surface area contributed by atoms with Crippen LogP contribution in [0.15, 0.2) is 73.2 Å². The van der Waals surface area contributed by atoms with E-state index in [0.717, 1.165) is 17.7 Å². The number of carbonyl (C=O) groups excluding carboxylic acids is 1. The van der Waals surface area contributed by atoms with E-state index >= 15 is 0 Å². The van der Waals surface area contributed by atoms with Crippen LogP contribution >= 0.6 is 0 Å². The van der Waals surface area contributed by atoms with Crippen LogP contribution in [0, 0.1) is 0 Å². The quantitative estimate of drug-likeness (QED) is 0.801. The molecule has 3 rings (SSSR count). The lowest BCUT2D eigenvalue weighted by Gasteiger charge is -2.05. The van der Waals surface area contributed by atoms with Gasteiger partial charge in [0, 0.05) is 18.3 Å². The smallest absolute Gasteiger partial charge is 0.326 e. The van der Waals surface area contributed by atoms with E-state index < -0.39 is 0 Å². The summed E-state index contributed by atoms with van der Waals surface area (Å²) in [7, 11) is 0. The minimum atomic E-state index is -0.161. The topological polar surface area (TPSA) is 46.9 Å². The number of rotatable bonds is 4. The lowest BCUT2D eigenvalue weighted by Crippen LogP contribution is -2.29. The molecule has 0 atom stereocenters. The Hall–Kier alpha value is -2.88. The van der Waals surface area contributed by atoms with Crippen LogP contribution in [0.25, 0.3) is 11.3 Å². The fourth-order valence-electron chi connectivity index (χ4n) is 2.24. The highest BCUT2D eigenvalue weighted by Gasteiger charge is 2.07. The van der Waals surface area contributed by atoms with Gasteiger partial charge in [-0.2, -0.15) is 0 Å². The number of nitrogens with one attached hydrogen (secondary N) is 1. The first-order valence-corrected chi connectivity index (χ1v) is 7.24. The van der Waals surface area contributed by atoms with Gasteiger partial charge in [0.15, 0.2) is 0 Å². The van der Waals surface area contributed by atoms with Crippen molar-refractivity contribution in [1.29, 1.82) is 0 Å². The van der Waals surface area contributed by atoms with E-state index in [2.05, 4.69) is 22.4 Å². The summed E-state index contributed by atoms with van der Waals surface area (Å²) in [5, 5.41) is 2.90. The van der Waals surface area contributed by atoms with E-state index in [9.17, 15) is 4.79 Å². The lowest BCUT2D eigenvalue weighted by atomic mass is 10.1. The Morgan fingerprint density at radius 1 is 1.00 bits per heavy atom. The molecule has 0 saturated heterocycles. The minimum Gasteiger partial charge on any atom is -0.337 e. The van der Waals surface area contributed by atoms with E-state index in [-0.39, 0.29) is 6.03 Å². The van der Waals surface area contributed by atoms with Crippen molar-refractivity contribution >= 4 is 6.03 Å². The maximum Gasteiger partial charge on any atom is 0.326 e. The highest BCUT2D eigenvalue weighted by atomic mass is 16.2. The molecule has 0 saturated carbocycles. The molecule has 0 bridgehead atoms. The molecule has 1 aromatic heterocycles. The van der Waals surface area contributed by atoms with Gasteiger partial charge in [0.25, 0.3) is 0 Å². The molecule has 0 aliphatic rings. The number of carbonyl (C=O) groups is 1. The largest absolute Gasteiger partial charge is 0.337 e. The summed E-state index contributed by atoms with van der Waals surface area (Å²) < 4.78 is 1.48. The molecule has 1 amide bonds. The molecular weight excluding hydrogens is 274 g/mol. The van der Waals surface area contributed by atoms with Crippen LogP contribution in [-0.2, 0) is 6.42 Å². The highest BCUT2D eigenvalue weighted by Crippen LogP contribution is 2.15. The number of nitrogens with zero attached hydrogens (tertiary/aromatic N) is 2. The van der Waals surface area contributed by atoms with Crippen molar-refractivity contribution < 1.29 is 4.79 Å². The van der Waals surface area contributed by atoms with Crippen molar-refractivity contribution in [2.45, 2.75) is 6.42 Å². The number of imidazole rings is 1. The fraction of sp³-hybridized carbons (Fsp3) is 0.111. The molecule has 110 valence electrons. The molecule has 1 heterocycles. The predicted octanol–water partition coefficient (Wildman–Crippen LogP) is 3.35. The summed E-state index contributed by atoms with van der Waals surface area (Å²) >= 11 is 0. The number of hydrogen-bond acceptors (Lipinski definition) is 2. The van der Waals surface area contributed by atoms with Crippen LogP contribution < -0.4 is 5.32 Å². The second-order valence-electron chi connectivity index (χ2n) is 5.00. The standard InChI is InChI=1S/C18H17N3O/c22-18(19-12-11-15-7-3-1-4-8-15)21-13-17(20-14-21)16-9-5-2-6-10-16/h1-10,13-14H,11-12H2,(H,19,22). The van der Waals surface area contributed by atoms with Gasteiger partial charge in [-0.05, 0) is 12.0 Å². The zero-order chi connectivity index (χ0) is 15.2. The van der Waals surface area contributed by atoms with Gasteiger partial charge in [0.1, 0.15) is 6.33 Å². The Kier molecular flexibility index (Phi) is 4.30. The van der Waals surface area contributed by atoms with Crippen molar-refractivity contribution in [2.75, 3.05) is 6.54 Å². The Balaban J connectivity index is 1.58. The normalized spacial score (nSPS) is 10.4. The first kappa shape index (κ1) is 14.1. The first-order valence-electron chi connectivity index (χ1n) is 7.24. The zero-order valence-corrected chi connectivity index (χ0v) is 12.1. The number of amides is 1. The van der Waals surface area contributed by atoms with E-state index in [1.807, 2.05) is 48.5 Å². The number of hydrogen-bond donors (Lipinski definition) is 1. The van der Waals surface area contributed by atoms with Crippen molar-refractivity contribution in [3.05, 3.63) is 78.8 Å². The SMILES string of the molecule is O=C(NCCc1ccccc1)n1cnc(-c2ccccc2)c1. The summed E-state index contributed by atoms with van der Waals surface area (Å²) in [5.74, 6) is 0. The molecule has 1 N–H and O–H groups in total. The molecule has 4 heteroatoms. The molecule has 4 nitrogen and oxygen atoms in total. The van der Waals surface area contributed by atoms with E-state index in [1.54, 1.807) is 12.5 Å². The van der Waals surface area contributed by atoms with Crippen LogP contribution in [0.4, 0.5) is 4.79 Å². The van der Waals surface area contributed by atoms with E-state index in [4.69, 9.17) is 0 Å². The van der Waals surface area contributed by atoms with E-state index in [1.165, 1.54) is 10.1 Å². The first-order chi connectivity index (χ1) is 10.8. The zero-order valence-electron chi connectivity index (χ0n) is 12.1. The second-order valence-corrected chi connectivity index (χ2v) is 5.00. The van der Waals surface area contributed by atoms with Crippen molar-refractivity contribution in [1.82, 2.24) is 14.9 Å². The summed E-state index contributed by atoms with van der Waals surface area (Å²) in [5.41, 5.74) is 3.00. The third-order valence-corrected chi connectivity index (χ3v) is 3.42. The second kappa shape index (κ2) is 6.72. The average molecular weight is 291 g/mol. The maximum absolute atomic E-state index is 12.1. The highest BCUT2D eigenvalue weighted by molar-refractivity contribution is 5.77. The molecule has 0 unspecified atom stereocenters. The monoisotopic (exact) mass is 291 g/mol. The molecule has 0 fully saturated rings. The molecule has 0 aliphatic heterocycles. The maximum atomic E-state index is 12.1. The molecular formula is C18H17N3O. The third-order valence-electron chi connectivity index (χ3n) is 3.42. The van der Waals surface area contributed by atoms with Gasteiger partial charge in [0.05, 0.1) is 5.69 Å². The summed E-state index contributed by atoms with van der Waals surface area (Å²) in [6.45, 7) is 0.599. The van der Waals surface area contributed by atoms with Crippen molar-refractivity contribution in [2.24, 2.45) is 0 Å². The minimum absolute atomic E-state index is 0.161. The van der Waals surface area contributed by atoms with Crippen LogP contribution in [0.5, 0.6) is 0 Å². The van der Waals surface area contributed by atoms with Crippen LogP contribution in [-0.4, -0.2) is 22.1 Å². The summed E-state index contributed by atoms with van der Waals surface area (Å²) in [4.78, 5) is 16.4. The lowest BCUT2D eigenvalue weighted by molar-refractivity contribution is 0.242. The average Bonchev–Trinajstić information content (AvgIpc) is 3.07. The summed E-state index contributed by atoms with van der Waals surface area (Å²) in [6.07, 6.45) is 4.10. The summed E-state index contributed by atoms with van der Waals surface area (Å²) in [6, 6.07) is 19.7. The van der Waals surface area contributed by atoms with Crippen LogP contribution in [0.3, 0.4) is 0 Å². The van der Waals surface area contributed by atoms with Crippen molar-refractivity contribution in [3.8, 4) is 11.3 Å². The van der Waals surface area contributed by atoms with Gasteiger partial charge in [0.2, 0.25) is 0 Å². The molecule has 0 spiro atoms. The number of benzene rings is 2. The van der Waals surface area contributed by atoms with Gasteiger partial charge >= 0.3 is 6.03 Å². The Bertz CT molecular complexity index is 735. The Labute approximate surface area is 129 Å². The van der Waals surface area contributed by atoms with Crippen molar-refractivity contribution in [3.63, 3.8) is 0 Å². The third kappa shape index (κ3) is 3.41.